The van der Waals surface area contributed by atoms with Gasteiger partial charge in [0, 0.05) is 38.9 Å². The number of piperazine rings is 1. The van der Waals surface area contributed by atoms with E-state index in [4.69, 9.17) is 4.74 Å². The van der Waals surface area contributed by atoms with Gasteiger partial charge in [-0.2, -0.15) is 5.10 Å². The van der Waals surface area contributed by atoms with Gasteiger partial charge in [-0.1, -0.05) is 0 Å². The van der Waals surface area contributed by atoms with Gasteiger partial charge in [-0.25, -0.2) is 4.39 Å². The molecule has 1 saturated heterocycles. The number of rotatable bonds is 3. The van der Waals surface area contributed by atoms with Crippen LogP contribution >= 0.6 is 0 Å². The predicted molar refractivity (Wildman–Crippen MR) is 108 cm³/mol. The number of nitrogens with zero attached hydrogens (tertiary/aromatic N) is 4. The van der Waals surface area contributed by atoms with Crippen LogP contribution in [0.3, 0.4) is 0 Å². The number of anilines is 1. The molecular weight excluding hydrogens is 375 g/mol. The first-order valence-corrected chi connectivity index (χ1v) is 9.33. The van der Waals surface area contributed by atoms with E-state index in [1.807, 2.05) is 24.3 Å². The highest BCUT2D eigenvalue weighted by molar-refractivity contribution is 5.95. The minimum Gasteiger partial charge on any atom is -0.497 e. The summed E-state index contributed by atoms with van der Waals surface area (Å²) >= 11 is 0. The SMILES string of the molecule is COc1ccc(N2CCN(C(=O)c3nn(C)c4ccc(F)cc4c3=O)CC2)cc1. The predicted octanol–water partition coefficient (Wildman–Crippen LogP) is 2.04. The second-order valence-electron chi connectivity index (χ2n) is 6.94. The van der Waals surface area contributed by atoms with Crippen molar-refractivity contribution in [3.8, 4) is 5.75 Å². The van der Waals surface area contributed by atoms with Crippen LogP contribution in [0, 0.1) is 5.82 Å². The first-order chi connectivity index (χ1) is 14.0. The summed E-state index contributed by atoms with van der Waals surface area (Å²) in [4.78, 5) is 29.5. The van der Waals surface area contributed by atoms with Crippen molar-refractivity contribution in [2.45, 2.75) is 0 Å². The third-order valence-electron chi connectivity index (χ3n) is 5.22. The van der Waals surface area contributed by atoms with Crippen LogP contribution in [0.2, 0.25) is 0 Å². The van der Waals surface area contributed by atoms with Gasteiger partial charge in [-0.15, -0.1) is 0 Å². The third-order valence-corrected chi connectivity index (χ3v) is 5.22. The van der Waals surface area contributed by atoms with E-state index in [1.165, 1.54) is 16.8 Å². The third kappa shape index (κ3) is 3.53. The number of fused-ring (bicyclic) bond motifs is 1. The minimum atomic E-state index is -0.541. The van der Waals surface area contributed by atoms with Crippen LogP contribution in [0.5, 0.6) is 5.75 Å². The summed E-state index contributed by atoms with van der Waals surface area (Å²) in [5.41, 5.74) is 0.814. The number of amides is 1. The van der Waals surface area contributed by atoms with Gasteiger partial charge >= 0.3 is 0 Å². The molecule has 2 heterocycles. The van der Waals surface area contributed by atoms with Crippen molar-refractivity contribution in [2.24, 2.45) is 7.05 Å². The van der Waals surface area contributed by atoms with Crippen molar-refractivity contribution in [2.75, 3.05) is 38.2 Å². The van der Waals surface area contributed by atoms with E-state index in [-0.39, 0.29) is 11.1 Å². The highest BCUT2D eigenvalue weighted by Gasteiger charge is 2.26. The molecule has 29 heavy (non-hydrogen) atoms. The molecule has 0 spiro atoms. The second-order valence-corrected chi connectivity index (χ2v) is 6.94. The van der Waals surface area contributed by atoms with E-state index in [0.29, 0.717) is 31.7 Å². The fourth-order valence-corrected chi connectivity index (χ4v) is 3.60. The highest BCUT2D eigenvalue weighted by Crippen LogP contribution is 2.21. The van der Waals surface area contributed by atoms with Gasteiger partial charge in [-0.05, 0) is 42.5 Å². The van der Waals surface area contributed by atoms with Gasteiger partial charge in [0.25, 0.3) is 5.91 Å². The molecule has 0 N–H and O–H groups in total. The number of halogens is 1. The number of aromatic nitrogens is 2. The van der Waals surface area contributed by atoms with Gasteiger partial charge in [0.2, 0.25) is 5.43 Å². The van der Waals surface area contributed by atoms with Crippen LogP contribution in [0.4, 0.5) is 10.1 Å². The molecule has 3 aromatic rings. The van der Waals surface area contributed by atoms with Gasteiger partial charge < -0.3 is 14.5 Å². The Morgan fingerprint density at radius 3 is 2.41 bits per heavy atom. The molecule has 0 atom stereocenters. The summed E-state index contributed by atoms with van der Waals surface area (Å²) in [6.45, 7) is 2.22. The summed E-state index contributed by atoms with van der Waals surface area (Å²) in [7, 11) is 3.26. The smallest absolute Gasteiger partial charge is 0.278 e. The first kappa shape index (κ1) is 18.9. The summed E-state index contributed by atoms with van der Waals surface area (Å²) in [5.74, 6) is -0.157. The number of ether oxygens (including phenoxy) is 1. The lowest BCUT2D eigenvalue weighted by atomic mass is 10.1. The molecule has 1 aromatic heterocycles. The molecule has 150 valence electrons. The minimum absolute atomic E-state index is 0.155. The van der Waals surface area contributed by atoms with Crippen molar-refractivity contribution >= 4 is 22.5 Å². The normalized spacial score (nSPS) is 14.3. The van der Waals surface area contributed by atoms with Crippen LogP contribution in [0.1, 0.15) is 10.5 Å². The molecule has 0 unspecified atom stereocenters. The Kier molecular flexibility index (Phi) is 4.92. The van der Waals surface area contributed by atoms with Gasteiger partial charge in [-0.3, -0.25) is 14.3 Å². The maximum atomic E-state index is 13.6. The average molecular weight is 396 g/mol. The standard InChI is InChI=1S/C21H21FN4O3/c1-24-18-8-3-14(22)13-17(18)20(27)19(23-24)21(28)26-11-9-25(10-12-26)15-4-6-16(29-2)7-5-15/h3-8,13H,9-12H2,1-2H3. The van der Waals surface area contributed by atoms with E-state index < -0.39 is 17.2 Å². The molecule has 1 fully saturated rings. The molecule has 0 radical (unpaired) electrons. The van der Waals surface area contributed by atoms with Gasteiger partial charge in [0.05, 0.1) is 18.0 Å². The Bertz CT molecular complexity index is 1120. The average Bonchev–Trinajstić information content (AvgIpc) is 2.76. The zero-order valence-corrected chi connectivity index (χ0v) is 16.3. The van der Waals surface area contributed by atoms with Crippen LogP contribution in [0.15, 0.2) is 47.3 Å². The Labute approximate surface area is 166 Å². The molecule has 7 nitrogen and oxygen atoms in total. The molecule has 0 bridgehead atoms. The lowest BCUT2D eigenvalue weighted by Gasteiger charge is -2.36. The number of carbonyl (C=O) groups excluding carboxylic acids is 1. The fraction of sp³-hybridized carbons (Fsp3) is 0.286. The molecule has 8 heteroatoms. The van der Waals surface area contributed by atoms with E-state index in [2.05, 4.69) is 10.00 Å². The molecular formula is C21H21FN4O3. The Balaban J connectivity index is 1.54. The van der Waals surface area contributed by atoms with Crippen molar-refractivity contribution in [1.82, 2.24) is 14.7 Å². The number of aryl methyl sites for hydroxylation is 1. The van der Waals surface area contributed by atoms with E-state index in [9.17, 15) is 14.0 Å². The van der Waals surface area contributed by atoms with Crippen molar-refractivity contribution in [3.05, 3.63) is 64.2 Å². The number of carbonyl (C=O) groups is 1. The Morgan fingerprint density at radius 1 is 1.07 bits per heavy atom. The van der Waals surface area contributed by atoms with Crippen molar-refractivity contribution in [3.63, 3.8) is 0 Å². The monoisotopic (exact) mass is 396 g/mol. The van der Waals surface area contributed by atoms with Gasteiger partial charge in [0.15, 0.2) is 5.69 Å². The molecule has 4 rings (SSSR count). The lowest BCUT2D eigenvalue weighted by molar-refractivity contribution is 0.0737. The van der Waals surface area contributed by atoms with Crippen LogP contribution in [0.25, 0.3) is 10.9 Å². The maximum Gasteiger partial charge on any atom is 0.278 e. The Morgan fingerprint density at radius 2 is 1.76 bits per heavy atom. The zero-order chi connectivity index (χ0) is 20.5. The van der Waals surface area contributed by atoms with Crippen molar-refractivity contribution < 1.29 is 13.9 Å². The number of hydrogen-bond donors (Lipinski definition) is 0. The molecule has 0 aliphatic carbocycles. The van der Waals surface area contributed by atoms with Crippen molar-refractivity contribution in [1.29, 1.82) is 0 Å². The quantitative estimate of drug-likeness (QED) is 0.678. The molecule has 1 aliphatic rings. The second kappa shape index (κ2) is 7.54. The van der Waals surface area contributed by atoms with E-state index in [1.54, 1.807) is 19.1 Å². The number of hydrogen-bond acceptors (Lipinski definition) is 5. The van der Waals surface area contributed by atoms with E-state index in [0.717, 1.165) is 17.5 Å². The van der Waals surface area contributed by atoms with Crippen LogP contribution in [-0.2, 0) is 7.05 Å². The summed E-state index contributed by atoms with van der Waals surface area (Å²) in [6.07, 6.45) is 0. The van der Waals surface area contributed by atoms with E-state index >= 15 is 0 Å². The molecule has 1 aliphatic heterocycles. The van der Waals surface area contributed by atoms with Crippen LogP contribution in [-0.4, -0.2) is 53.9 Å². The number of benzene rings is 2. The fourth-order valence-electron chi connectivity index (χ4n) is 3.60. The largest absolute Gasteiger partial charge is 0.497 e. The zero-order valence-electron chi connectivity index (χ0n) is 16.3. The summed E-state index contributed by atoms with van der Waals surface area (Å²) < 4.78 is 20.2. The van der Waals surface area contributed by atoms with Gasteiger partial charge in [0.1, 0.15) is 11.6 Å². The molecule has 1 amide bonds. The maximum absolute atomic E-state index is 13.6. The number of methoxy groups -OCH3 is 1. The topological polar surface area (TPSA) is 67.7 Å². The lowest BCUT2D eigenvalue weighted by Crippen LogP contribution is -2.50. The Hall–Kier alpha value is -3.42. The molecule has 2 aromatic carbocycles. The van der Waals surface area contributed by atoms with Crippen LogP contribution < -0.4 is 15.1 Å². The molecule has 0 saturated carbocycles. The summed E-state index contributed by atoms with van der Waals surface area (Å²) in [6, 6.07) is 11.7. The highest BCUT2D eigenvalue weighted by atomic mass is 19.1. The summed E-state index contributed by atoms with van der Waals surface area (Å²) in [5, 5.41) is 4.32. The first-order valence-electron chi connectivity index (χ1n) is 9.33.